The molecule has 5 saturated carbocycles. The summed E-state index contributed by atoms with van der Waals surface area (Å²) in [6.07, 6.45) is -34.8. The second-order valence-corrected chi connectivity index (χ2v) is 28.7. The van der Waals surface area contributed by atoms with Gasteiger partial charge in [0.05, 0.1) is 56.4 Å². The Kier molecular flexibility index (Phi) is 18.1. The predicted octanol–water partition coefficient (Wildman–Crippen LogP) is -3.56. The molecule has 15 N–H and O–H groups in total. The summed E-state index contributed by atoms with van der Waals surface area (Å²) in [7, 11) is 0. The minimum atomic E-state index is -2.04. The fraction of sp³-hybridized carbons (Fsp3) is 0.949. The normalized spacial score (nSPS) is 57.0. The molecule has 11 rings (SSSR count). The van der Waals surface area contributed by atoms with Crippen molar-refractivity contribution in [2.24, 2.45) is 50.2 Å². The lowest BCUT2D eigenvalue weighted by molar-refractivity contribution is -0.404. The molecule has 6 heterocycles. The Morgan fingerprint density at radius 1 is 0.512 bits per heavy atom. The third-order valence-electron chi connectivity index (χ3n) is 24.1. The van der Waals surface area contributed by atoms with Gasteiger partial charge in [-0.1, -0.05) is 48.1 Å². The summed E-state index contributed by atoms with van der Waals surface area (Å²) in [6.45, 7) is 14.1. The summed E-state index contributed by atoms with van der Waals surface area (Å²) in [5, 5.41) is 165. The molecular weight excluding hydrogens is 1140 g/mol. The number of fused-ring (bicyclic) bond motifs is 4. The third kappa shape index (κ3) is 9.97. The Morgan fingerprint density at radius 3 is 1.69 bits per heavy atom. The summed E-state index contributed by atoms with van der Waals surface area (Å²) in [5.74, 6) is 0.778. The molecule has 0 aromatic rings. The van der Waals surface area contributed by atoms with E-state index in [-0.39, 0.29) is 28.6 Å². The van der Waals surface area contributed by atoms with E-state index in [1.165, 1.54) is 0 Å². The van der Waals surface area contributed by atoms with Gasteiger partial charge < -0.3 is 133 Å². The molecule has 27 nitrogen and oxygen atoms in total. The number of ether oxygens (including phenoxy) is 11. The maximum Gasteiger partial charge on any atom is 0.187 e. The fourth-order valence-electron chi connectivity index (χ4n) is 18.9. The predicted molar refractivity (Wildman–Crippen MR) is 287 cm³/mol. The smallest absolute Gasteiger partial charge is 0.187 e. The fourth-order valence-corrected chi connectivity index (χ4v) is 18.9. The van der Waals surface area contributed by atoms with Gasteiger partial charge in [-0.3, -0.25) is 0 Å². The number of hydrogen-bond donors (Lipinski definition) is 15. The third-order valence-corrected chi connectivity index (χ3v) is 24.1. The summed E-state index contributed by atoms with van der Waals surface area (Å²) in [4.78, 5) is 12.7. The SMILES string of the molecule is C=C1OC23CCC4C5(C)CCC(OC6OCC(OC7OC(CO)C(O)C(OC8OC(CO)C(O)C(O)C8O)C7OC7OCC(O)C(O)C7O)C(O)C6OC6OC(CO)C(O)C(O)C6O)C(C)(C)C5CCC4(C)C2(C)CC(O)C12CCC(C)(C=O)CC23. The standard InChI is InChI=1S/C59H94O27/c1-24-58-15-14-54(4,23-63)16-32(58)59(86-24)13-9-31-55(5)11-10-34(53(2,3)30(55)8-12-56(31,6)57(59,7)17-33(58)65)82-51-46(84-50-44(75)41(72)37(68)27(19-61)79-50)39(70)29(22-77-51)81-52-47(85-48-42(73)35(66)25(64)21-76-48)45(38(69)28(20-62)80-52)83-49-43(74)40(71)36(67)26(18-60)78-49/h23,25-52,60-62,64-75H,1,8-22H2,2-7H3. The van der Waals surface area contributed by atoms with Gasteiger partial charge in [0.1, 0.15) is 122 Å². The van der Waals surface area contributed by atoms with Crippen molar-refractivity contribution in [2.45, 2.75) is 265 Å². The van der Waals surface area contributed by atoms with Gasteiger partial charge in [0.2, 0.25) is 0 Å². The van der Waals surface area contributed by atoms with Crippen LogP contribution in [0.5, 0.6) is 0 Å². The molecule has 34 unspecified atom stereocenters. The number of rotatable bonds is 14. The highest BCUT2D eigenvalue weighted by Crippen LogP contribution is 2.82. The molecule has 11 aliphatic rings. The van der Waals surface area contributed by atoms with Crippen LogP contribution in [-0.2, 0) is 56.9 Å². The molecule has 6 saturated heterocycles. The van der Waals surface area contributed by atoms with Crippen LogP contribution in [0.1, 0.15) is 106 Å². The van der Waals surface area contributed by atoms with Crippen LogP contribution in [0.4, 0.5) is 0 Å². The van der Waals surface area contributed by atoms with E-state index in [1.54, 1.807) is 0 Å². The summed E-state index contributed by atoms with van der Waals surface area (Å²) in [6, 6.07) is 0. The lowest BCUT2D eigenvalue weighted by Gasteiger charge is -2.74. The molecule has 492 valence electrons. The van der Waals surface area contributed by atoms with Crippen molar-refractivity contribution in [3.05, 3.63) is 12.3 Å². The molecule has 11 fully saturated rings. The highest BCUT2D eigenvalue weighted by atomic mass is 16.8. The van der Waals surface area contributed by atoms with E-state index < -0.39 is 214 Å². The summed E-state index contributed by atoms with van der Waals surface area (Å²) in [5.41, 5.74) is -3.48. The van der Waals surface area contributed by atoms with E-state index in [0.29, 0.717) is 44.3 Å². The Hall–Kier alpha value is -1.79. The van der Waals surface area contributed by atoms with Gasteiger partial charge in [-0.05, 0) is 92.3 Å². The van der Waals surface area contributed by atoms with E-state index in [9.17, 15) is 81.4 Å². The van der Waals surface area contributed by atoms with Gasteiger partial charge in [0, 0.05) is 16.7 Å². The summed E-state index contributed by atoms with van der Waals surface area (Å²) >= 11 is 0. The van der Waals surface area contributed by atoms with Crippen LogP contribution in [-0.4, -0.2) is 275 Å². The van der Waals surface area contributed by atoms with Crippen LogP contribution in [0.15, 0.2) is 12.3 Å². The van der Waals surface area contributed by atoms with E-state index in [0.717, 1.165) is 32.0 Å². The molecule has 0 aromatic heterocycles. The van der Waals surface area contributed by atoms with Gasteiger partial charge in [-0.2, -0.15) is 0 Å². The summed E-state index contributed by atoms with van der Waals surface area (Å²) < 4.78 is 68.7. The van der Waals surface area contributed by atoms with Gasteiger partial charge in [-0.15, -0.1) is 0 Å². The lowest BCUT2D eigenvalue weighted by Crippen LogP contribution is -2.74. The minimum Gasteiger partial charge on any atom is -0.491 e. The molecular formula is C59H94O27. The number of aliphatic hydroxyl groups excluding tert-OH is 15. The first kappa shape index (κ1) is 65.7. The molecule has 86 heavy (non-hydrogen) atoms. The Balaban J connectivity index is 0.871. The first-order chi connectivity index (χ1) is 40.5. The van der Waals surface area contributed by atoms with Crippen LogP contribution in [0, 0.1) is 50.2 Å². The van der Waals surface area contributed by atoms with E-state index in [4.69, 9.17) is 52.1 Å². The zero-order valence-electron chi connectivity index (χ0n) is 49.7. The van der Waals surface area contributed by atoms with Gasteiger partial charge in [0.15, 0.2) is 31.5 Å². The number of hydrogen-bond acceptors (Lipinski definition) is 27. The second-order valence-electron chi connectivity index (χ2n) is 28.7. The number of carbonyl (C=O) groups is 1. The van der Waals surface area contributed by atoms with Gasteiger partial charge in [-0.25, -0.2) is 0 Å². The minimum absolute atomic E-state index is 0.0448. The van der Waals surface area contributed by atoms with Crippen molar-refractivity contribution in [1.82, 2.24) is 0 Å². The van der Waals surface area contributed by atoms with E-state index in [1.807, 2.05) is 6.92 Å². The van der Waals surface area contributed by atoms with Crippen molar-refractivity contribution >= 4 is 6.29 Å². The monoisotopic (exact) mass is 1230 g/mol. The topological polar surface area (TPSA) is 422 Å². The van der Waals surface area contributed by atoms with Crippen molar-refractivity contribution in [2.75, 3.05) is 33.0 Å². The molecule has 27 heteroatoms. The molecule has 0 radical (unpaired) electrons. The first-order valence-corrected chi connectivity index (χ1v) is 30.8. The first-order valence-electron chi connectivity index (χ1n) is 30.8. The van der Waals surface area contributed by atoms with Crippen LogP contribution in [0.2, 0.25) is 0 Å². The number of aldehydes is 1. The quantitative estimate of drug-likeness (QED) is 0.0591. The second kappa shape index (κ2) is 23.6. The lowest BCUT2D eigenvalue weighted by atomic mass is 9.30. The van der Waals surface area contributed by atoms with E-state index in [2.05, 4.69) is 41.2 Å². The Bertz CT molecular complexity index is 2420. The van der Waals surface area contributed by atoms with Gasteiger partial charge >= 0.3 is 0 Å². The van der Waals surface area contributed by atoms with Crippen LogP contribution in [0.25, 0.3) is 0 Å². The van der Waals surface area contributed by atoms with Crippen LogP contribution < -0.4 is 0 Å². The zero-order chi connectivity index (χ0) is 62.3. The molecule has 5 aliphatic carbocycles. The van der Waals surface area contributed by atoms with Gasteiger partial charge in [0.25, 0.3) is 0 Å². The average molecular weight is 1240 g/mol. The van der Waals surface area contributed by atoms with Crippen molar-refractivity contribution in [3.8, 4) is 0 Å². The maximum absolute atomic E-state index is 12.7. The Morgan fingerprint density at radius 2 is 1.07 bits per heavy atom. The van der Waals surface area contributed by atoms with Crippen LogP contribution >= 0.6 is 0 Å². The molecule has 2 bridgehead atoms. The molecule has 0 amide bonds. The van der Waals surface area contributed by atoms with Crippen LogP contribution in [0.3, 0.4) is 0 Å². The highest BCUT2D eigenvalue weighted by Gasteiger charge is 2.82. The Labute approximate surface area is 498 Å². The van der Waals surface area contributed by atoms with E-state index >= 15 is 0 Å². The maximum atomic E-state index is 12.7. The number of aliphatic hydroxyl groups is 15. The molecule has 1 spiro atoms. The molecule has 0 aromatic carbocycles. The molecule has 6 aliphatic heterocycles. The molecule has 34 atom stereocenters. The van der Waals surface area contributed by atoms with Crippen molar-refractivity contribution < 1.29 is 133 Å². The van der Waals surface area contributed by atoms with Crippen molar-refractivity contribution in [1.29, 1.82) is 0 Å². The zero-order valence-corrected chi connectivity index (χ0v) is 49.7. The number of carbonyl (C=O) groups excluding carboxylic acids is 1. The van der Waals surface area contributed by atoms with Crippen molar-refractivity contribution in [3.63, 3.8) is 0 Å². The highest BCUT2D eigenvalue weighted by molar-refractivity contribution is 5.59. The largest absolute Gasteiger partial charge is 0.491 e. The average Bonchev–Trinajstić information content (AvgIpc) is 1.33.